The van der Waals surface area contributed by atoms with Gasteiger partial charge in [-0.3, -0.25) is 9.88 Å². The number of hydrogen-bond donors (Lipinski definition) is 0. The van der Waals surface area contributed by atoms with E-state index in [0.29, 0.717) is 12.0 Å². The lowest BCUT2D eigenvalue weighted by Gasteiger charge is -2.42. The lowest BCUT2D eigenvalue weighted by molar-refractivity contribution is 0.141. The van der Waals surface area contributed by atoms with Gasteiger partial charge in [-0.1, -0.05) is 11.6 Å². The molecule has 1 saturated heterocycles. The normalized spacial score (nSPS) is 22.0. The molecule has 1 aliphatic carbocycles. The molecule has 2 aromatic heterocycles. The molecule has 34 heavy (non-hydrogen) atoms. The van der Waals surface area contributed by atoms with Gasteiger partial charge in [0.2, 0.25) is 0 Å². The molecule has 0 atom stereocenters. The minimum atomic E-state index is -0.162. The van der Waals surface area contributed by atoms with Gasteiger partial charge in [-0.15, -0.1) is 0 Å². The Kier molecular flexibility index (Phi) is 5.70. The Labute approximate surface area is 204 Å². The van der Waals surface area contributed by atoms with Crippen LogP contribution < -0.4 is 4.90 Å². The third-order valence-electron chi connectivity index (χ3n) is 7.99. The van der Waals surface area contributed by atoms with Crippen molar-refractivity contribution in [3.05, 3.63) is 71.3 Å². The fourth-order valence-corrected chi connectivity index (χ4v) is 6.39. The Morgan fingerprint density at radius 2 is 1.74 bits per heavy atom. The maximum Gasteiger partial charge on any atom is 0.125 e. The van der Waals surface area contributed by atoms with E-state index in [4.69, 9.17) is 11.6 Å². The van der Waals surface area contributed by atoms with E-state index >= 15 is 0 Å². The molecule has 6 rings (SSSR count). The minimum Gasteiger partial charge on any atom is -0.367 e. The molecule has 4 nitrogen and oxygen atoms in total. The lowest BCUT2D eigenvalue weighted by atomic mass is 9.81. The lowest BCUT2D eigenvalue weighted by Crippen LogP contribution is -2.51. The van der Waals surface area contributed by atoms with Crippen molar-refractivity contribution in [2.45, 2.75) is 37.6 Å². The number of hydrogen-bond acceptors (Lipinski definition) is 3. The SMILES string of the molecule is Cn1cc(C2CCC(N3CCN(c4ccc(Cl)c5cccnc45)CC3)CC2)c2ccc(F)cc21. The summed E-state index contributed by atoms with van der Waals surface area (Å²) in [4.78, 5) is 9.78. The van der Waals surface area contributed by atoms with E-state index in [1.165, 1.54) is 42.3 Å². The molecule has 0 spiro atoms. The van der Waals surface area contributed by atoms with Gasteiger partial charge in [0.1, 0.15) is 5.82 Å². The van der Waals surface area contributed by atoms with E-state index in [1.54, 1.807) is 12.1 Å². The molecule has 2 fully saturated rings. The third kappa shape index (κ3) is 3.85. The van der Waals surface area contributed by atoms with Crippen molar-refractivity contribution in [3.8, 4) is 0 Å². The summed E-state index contributed by atoms with van der Waals surface area (Å²) < 4.78 is 15.8. The number of nitrogens with zero attached hydrogens (tertiary/aromatic N) is 4. The number of pyridine rings is 1. The van der Waals surface area contributed by atoms with Crippen LogP contribution in [0, 0.1) is 5.82 Å². The fraction of sp³-hybridized carbons (Fsp3) is 0.393. The molecular weight excluding hydrogens is 447 g/mol. The molecule has 176 valence electrons. The zero-order chi connectivity index (χ0) is 23.2. The monoisotopic (exact) mass is 476 g/mol. The summed E-state index contributed by atoms with van der Waals surface area (Å²) >= 11 is 6.40. The summed E-state index contributed by atoms with van der Waals surface area (Å²) in [5.41, 5.74) is 4.58. The first kappa shape index (κ1) is 21.9. The average Bonchev–Trinajstić information content (AvgIpc) is 3.20. The van der Waals surface area contributed by atoms with Gasteiger partial charge in [0.15, 0.2) is 0 Å². The molecule has 0 radical (unpaired) electrons. The summed E-state index contributed by atoms with van der Waals surface area (Å²) in [5.74, 6) is 0.406. The Balaban J connectivity index is 1.11. The maximum absolute atomic E-state index is 13.7. The number of halogens is 2. The highest BCUT2D eigenvalue weighted by Gasteiger charge is 2.30. The second-order valence-corrected chi connectivity index (χ2v) is 10.3. The van der Waals surface area contributed by atoms with Crippen molar-refractivity contribution in [2.24, 2.45) is 7.05 Å². The molecule has 1 aliphatic heterocycles. The summed E-state index contributed by atoms with van der Waals surface area (Å²) in [6, 6.07) is 14.0. The highest BCUT2D eigenvalue weighted by Crippen LogP contribution is 2.39. The van der Waals surface area contributed by atoms with Crippen molar-refractivity contribution in [1.29, 1.82) is 0 Å². The van der Waals surface area contributed by atoms with Crippen LogP contribution in [0.25, 0.3) is 21.8 Å². The van der Waals surface area contributed by atoms with E-state index in [1.807, 2.05) is 31.4 Å². The van der Waals surface area contributed by atoms with Gasteiger partial charge >= 0.3 is 0 Å². The van der Waals surface area contributed by atoms with Crippen LogP contribution >= 0.6 is 11.6 Å². The molecule has 2 aromatic carbocycles. The van der Waals surface area contributed by atoms with Crippen LogP contribution in [0.3, 0.4) is 0 Å². The van der Waals surface area contributed by atoms with Crippen LogP contribution in [0.5, 0.6) is 0 Å². The van der Waals surface area contributed by atoms with Gasteiger partial charge in [0.05, 0.1) is 21.7 Å². The van der Waals surface area contributed by atoms with Crippen LogP contribution in [-0.4, -0.2) is 46.7 Å². The zero-order valence-electron chi connectivity index (χ0n) is 19.6. The van der Waals surface area contributed by atoms with Crippen molar-refractivity contribution in [3.63, 3.8) is 0 Å². The largest absolute Gasteiger partial charge is 0.367 e. The molecule has 4 aromatic rings. The first-order valence-electron chi connectivity index (χ1n) is 12.3. The number of aryl methyl sites for hydroxylation is 1. The first-order chi connectivity index (χ1) is 16.6. The zero-order valence-corrected chi connectivity index (χ0v) is 20.3. The predicted octanol–water partition coefficient (Wildman–Crippen LogP) is 6.37. The molecule has 6 heteroatoms. The number of anilines is 1. The quantitative estimate of drug-likeness (QED) is 0.343. The van der Waals surface area contributed by atoms with Gasteiger partial charge in [-0.05, 0) is 79.6 Å². The summed E-state index contributed by atoms with van der Waals surface area (Å²) in [6.07, 6.45) is 8.93. The Morgan fingerprint density at radius 3 is 2.53 bits per heavy atom. The van der Waals surface area contributed by atoms with Crippen molar-refractivity contribution < 1.29 is 4.39 Å². The van der Waals surface area contributed by atoms with E-state index in [2.05, 4.69) is 37.7 Å². The molecule has 0 N–H and O–H groups in total. The van der Waals surface area contributed by atoms with Crippen molar-refractivity contribution >= 4 is 39.1 Å². The minimum absolute atomic E-state index is 0.162. The Bertz CT molecular complexity index is 1330. The van der Waals surface area contributed by atoms with Crippen LogP contribution in [-0.2, 0) is 7.05 Å². The number of benzene rings is 2. The molecule has 3 heterocycles. The van der Waals surface area contributed by atoms with Crippen LogP contribution in [0.15, 0.2) is 54.9 Å². The molecule has 2 aliphatic rings. The molecule has 1 saturated carbocycles. The summed E-state index contributed by atoms with van der Waals surface area (Å²) in [7, 11) is 2.02. The van der Waals surface area contributed by atoms with E-state index in [9.17, 15) is 4.39 Å². The second-order valence-electron chi connectivity index (χ2n) is 9.85. The Morgan fingerprint density at radius 1 is 0.941 bits per heavy atom. The summed E-state index contributed by atoms with van der Waals surface area (Å²) in [5, 5.41) is 3.00. The highest BCUT2D eigenvalue weighted by molar-refractivity contribution is 6.35. The van der Waals surface area contributed by atoms with Gasteiger partial charge in [-0.25, -0.2) is 4.39 Å². The maximum atomic E-state index is 13.7. The smallest absolute Gasteiger partial charge is 0.125 e. The van der Waals surface area contributed by atoms with Crippen molar-refractivity contribution in [1.82, 2.24) is 14.5 Å². The molecule has 0 unspecified atom stereocenters. The number of fused-ring (bicyclic) bond motifs is 2. The van der Waals surface area contributed by atoms with Gasteiger partial charge in [0, 0.05) is 62.4 Å². The number of piperazine rings is 1. The van der Waals surface area contributed by atoms with Crippen LogP contribution in [0.4, 0.5) is 10.1 Å². The average molecular weight is 477 g/mol. The van der Waals surface area contributed by atoms with Crippen LogP contribution in [0.1, 0.15) is 37.2 Å². The first-order valence-corrected chi connectivity index (χ1v) is 12.7. The number of aromatic nitrogens is 2. The fourth-order valence-electron chi connectivity index (χ4n) is 6.17. The van der Waals surface area contributed by atoms with Gasteiger partial charge in [0.25, 0.3) is 0 Å². The third-order valence-corrected chi connectivity index (χ3v) is 8.32. The molecule has 0 bridgehead atoms. The van der Waals surface area contributed by atoms with E-state index in [0.717, 1.165) is 47.6 Å². The van der Waals surface area contributed by atoms with Crippen LogP contribution in [0.2, 0.25) is 5.02 Å². The predicted molar refractivity (Wildman–Crippen MR) is 138 cm³/mol. The van der Waals surface area contributed by atoms with Gasteiger partial charge in [-0.2, -0.15) is 0 Å². The highest BCUT2D eigenvalue weighted by atomic mass is 35.5. The van der Waals surface area contributed by atoms with Crippen molar-refractivity contribution in [2.75, 3.05) is 31.1 Å². The Hall–Kier alpha value is -2.63. The summed E-state index contributed by atoms with van der Waals surface area (Å²) in [6.45, 7) is 4.20. The number of rotatable bonds is 3. The standard InChI is InChI=1S/C28H30ClFN4/c1-32-18-24(22-9-6-20(30)17-27(22)32)19-4-7-21(8-5-19)33-13-15-34(16-14-33)26-11-10-25(29)23-3-2-12-31-28(23)26/h2-3,6,9-12,17-19,21H,4-5,7-8,13-16H2,1H3. The topological polar surface area (TPSA) is 24.3 Å². The van der Waals surface area contributed by atoms with E-state index in [-0.39, 0.29) is 5.82 Å². The second kappa shape index (κ2) is 8.86. The molecule has 0 amide bonds. The van der Waals surface area contributed by atoms with E-state index < -0.39 is 0 Å². The van der Waals surface area contributed by atoms with Gasteiger partial charge < -0.3 is 9.47 Å². The molecular formula is C28H30ClFN4.